The van der Waals surface area contributed by atoms with Gasteiger partial charge in [0.25, 0.3) is 0 Å². The van der Waals surface area contributed by atoms with Crippen LogP contribution >= 0.6 is 0 Å². The van der Waals surface area contributed by atoms with Crippen LogP contribution in [0.25, 0.3) is 0 Å². The third kappa shape index (κ3) is 5.55. The number of likely N-dealkylation sites (tertiary alicyclic amines) is 1. The Bertz CT molecular complexity index is 784. The van der Waals surface area contributed by atoms with E-state index in [1.165, 1.54) is 17.7 Å². The van der Waals surface area contributed by atoms with Crippen molar-refractivity contribution >= 4 is 5.91 Å². The van der Waals surface area contributed by atoms with Gasteiger partial charge in [-0.25, -0.2) is 4.39 Å². The minimum Gasteiger partial charge on any atom is -0.491 e. The molecule has 1 aliphatic rings. The average Bonchev–Trinajstić information content (AvgIpc) is 2.70. The maximum Gasteiger partial charge on any atom is 0.223 e. The first kappa shape index (κ1) is 20.3. The lowest BCUT2D eigenvalue weighted by atomic mass is 9.95. The van der Waals surface area contributed by atoms with Gasteiger partial charge in [0, 0.05) is 12.5 Å². The molecule has 1 heterocycles. The average molecular weight is 384 g/mol. The minimum atomic E-state index is -0.208. The Morgan fingerprint density at radius 3 is 2.57 bits per heavy atom. The lowest BCUT2D eigenvalue weighted by Gasteiger charge is -2.31. The number of benzene rings is 2. The summed E-state index contributed by atoms with van der Waals surface area (Å²) in [7, 11) is 0. The molecule has 0 aromatic heterocycles. The third-order valence-corrected chi connectivity index (χ3v) is 5.49. The molecule has 0 aliphatic carbocycles. The standard InChI is InChI=1S/C23H29FN2O2/c1-17-4-3-5-22(18(17)2)28-15-12-25-23(27)20-10-13-26(14-11-20)16-19-6-8-21(24)9-7-19/h3-9,20H,10-16H2,1-2H3,(H,25,27). The topological polar surface area (TPSA) is 41.6 Å². The number of hydrogen-bond donors (Lipinski definition) is 1. The predicted molar refractivity (Wildman–Crippen MR) is 109 cm³/mol. The van der Waals surface area contributed by atoms with Crippen LogP contribution < -0.4 is 10.1 Å². The number of piperidine rings is 1. The Labute approximate surface area is 166 Å². The van der Waals surface area contributed by atoms with Crippen molar-refractivity contribution in [1.29, 1.82) is 0 Å². The molecule has 3 rings (SSSR count). The van der Waals surface area contributed by atoms with Gasteiger partial charge < -0.3 is 10.1 Å². The highest BCUT2D eigenvalue weighted by Crippen LogP contribution is 2.21. The second kappa shape index (κ2) is 9.69. The van der Waals surface area contributed by atoms with Crippen molar-refractivity contribution in [3.63, 3.8) is 0 Å². The van der Waals surface area contributed by atoms with Crippen molar-refractivity contribution in [1.82, 2.24) is 10.2 Å². The van der Waals surface area contributed by atoms with Gasteiger partial charge >= 0.3 is 0 Å². The lowest BCUT2D eigenvalue weighted by Crippen LogP contribution is -2.41. The zero-order chi connectivity index (χ0) is 19.9. The van der Waals surface area contributed by atoms with E-state index in [-0.39, 0.29) is 17.6 Å². The van der Waals surface area contributed by atoms with Crippen LogP contribution in [-0.4, -0.2) is 37.0 Å². The number of halogens is 1. The molecule has 150 valence electrons. The summed E-state index contributed by atoms with van der Waals surface area (Å²) in [5, 5.41) is 3.00. The van der Waals surface area contributed by atoms with Gasteiger partial charge in [0.05, 0.1) is 6.54 Å². The molecule has 1 fully saturated rings. The van der Waals surface area contributed by atoms with E-state index in [0.29, 0.717) is 13.2 Å². The first-order valence-electron chi connectivity index (χ1n) is 9.96. The molecule has 28 heavy (non-hydrogen) atoms. The molecule has 1 amide bonds. The van der Waals surface area contributed by atoms with Gasteiger partial charge in [0.1, 0.15) is 18.2 Å². The summed E-state index contributed by atoms with van der Waals surface area (Å²) >= 11 is 0. The zero-order valence-electron chi connectivity index (χ0n) is 16.7. The van der Waals surface area contributed by atoms with Gasteiger partial charge in [-0.2, -0.15) is 0 Å². The third-order valence-electron chi connectivity index (χ3n) is 5.49. The molecule has 2 aromatic rings. The molecule has 0 radical (unpaired) electrons. The van der Waals surface area contributed by atoms with Crippen molar-refractivity contribution < 1.29 is 13.9 Å². The maximum atomic E-state index is 13.0. The van der Waals surface area contributed by atoms with Crippen LogP contribution in [0.1, 0.15) is 29.5 Å². The molecule has 0 bridgehead atoms. The first-order valence-corrected chi connectivity index (χ1v) is 9.96. The summed E-state index contributed by atoms with van der Waals surface area (Å²) in [6, 6.07) is 12.6. The minimum absolute atomic E-state index is 0.0603. The SMILES string of the molecule is Cc1cccc(OCCNC(=O)C2CCN(Cc3ccc(F)cc3)CC2)c1C. The number of rotatable bonds is 7. The van der Waals surface area contributed by atoms with E-state index in [1.54, 1.807) is 0 Å². The highest BCUT2D eigenvalue weighted by atomic mass is 19.1. The summed E-state index contributed by atoms with van der Waals surface area (Å²) in [6.45, 7) is 7.66. The lowest BCUT2D eigenvalue weighted by molar-refractivity contribution is -0.126. The largest absolute Gasteiger partial charge is 0.491 e. The van der Waals surface area contributed by atoms with E-state index in [4.69, 9.17) is 4.74 Å². The number of ether oxygens (including phenoxy) is 1. The van der Waals surface area contributed by atoms with Crippen LogP contribution in [0.15, 0.2) is 42.5 Å². The van der Waals surface area contributed by atoms with Gasteiger partial charge in [-0.05, 0) is 74.7 Å². The molecule has 5 heteroatoms. The van der Waals surface area contributed by atoms with Crippen LogP contribution in [0.3, 0.4) is 0 Å². The molecule has 1 aliphatic heterocycles. The van der Waals surface area contributed by atoms with E-state index in [1.807, 2.05) is 31.2 Å². The Morgan fingerprint density at radius 1 is 1.14 bits per heavy atom. The fourth-order valence-corrected chi connectivity index (χ4v) is 3.56. The van der Waals surface area contributed by atoms with Gasteiger partial charge in [0.2, 0.25) is 5.91 Å². The molecule has 1 saturated heterocycles. The van der Waals surface area contributed by atoms with Crippen molar-refractivity contribution in [3.8, 4) is 5.75 Å². The number of carbonyl (C=O) groups excluding carboxylic acids is 1. The Kier molecular flexibility index (Phi) is 7.04. The molecule has 1 N–H and O–H groups in total. The zero-order valence-corrected chi connectivity index (χ0v) is 16.7. The molecular weight excluding hydrogens is 355 g/mol. The molecule has 0 atom stereocenters. The molecule has 0 saturated carbocycles. The van der Waals surface area contributed by atoms with E-state index in [2.05, 4.69) is 23.2 Å². The van der Waals surface area contributed by atoms with E-state index in [9.17, 15) is 9.18 Å². The Balaban J connectivity index is 1.35. The molecule has 4 nitrogen and oxygen atoms in total. The summed E-state index contributed by atoms with van der Waals surface area (Å²) in [5.41, 5.74) is 3.45. The van der Waals surface area contributed by atoms with Crippen LogP contribution in [0.4, 0.5) is 4.39 Å². The summed E-state index contributed by atoms with van der Waals surface area (Å²) in [4.78, 5) is 14.7. The molecular formula is C23H29FN2O2. The van der Waals surface area contributed by atoms with Crippen LogP contribution in [0.5, 0.6) is 5.75 Å². The van der Waals surface area contributed by atoms with Gasteiger partial charge in [-0.3, -0.25) is 9.69 Å². The maximum absolute atomic E-state index is 13.0. The van der Waals surface area contributed by atoms with Crippen molar-refractivity contribution in [2.24, 2.45) is 5.92 Å². The van der Waals surface area contributed by atoms with Crippen molar-refractivity contribution in [2.75, 3.05) is 26.2 Å². The monoisotopic (exact) mass is 384 g/mol. The molecule has 2 aromatic carbocycles. The fourth-order valence-electron chi connectivity index (χ4n) is 3.56. The second-order valence-corrected chi connectivity index (χ2v) is 7.51. The van der Waals surface area contributed by atoms with Gasteiger partial charge in [-0.1, -0.05) is 24.3 Å². The van der Waals surface area contributed by atoms with Crippen molar-refractivity contribution in [3.05, 3.63) is 65.0 Å². The number of nitrogens with one attached hydrogen (secondary N) is 1. The van der Waals surface area contributed by atoms with Crippen LogP contribution in [0.2, 0.25) is 0 Å². The smallest absolute Gasteiger partial charge is 0.223 e. The van der Waals surface area contributed by atoms with E-state index >= 15 is 0 Å². The molecule has 0 unspecified atom stereocenters. The van der Waals surface area contributed by atoms with Crippen LogP contribution in [0, 0.1) is 25.6 Å². The number of aryl methyl sites for hydroxylation is 1. The summed E-state index contributed by atoms with van der Waals surface area (Å²) in [6.07, 6.45) is 1.70. The van der Waals surface area contributed by atoms with Gasteiger partial charge in [-0.15, -0.1) is 0 Å². The van der Waals surface area contributed by atoms with Crippen LogP contribution in [-0.2, 0) is 11.3 Å². The highest BCUT2D eigenvalue weighted by molar-refractivity contribution is 5.78. The predicted octanol–water partition coefficient (Wildman–Crippen LogP) is 3.85. The van der Waals surface area contributed by atoms with E-state index < -0.39 is 0 Å². The quantitative estimate of drug-likeness (QED) is 0.738. The van der Waals surface area contributed by atoms with E-state index in [0.717, 1.165) is 49.4 Å². The Morgan fingerprint density at radius 2 is 1.86 bits per heavy atom. The number of hydrogen-bond acceptors (Lipinski definition) is 3. The normalized spacial score (nSPS) is 15.4. The highest BCUT2D eigenvalue weighted by Gasteiger charge is 2.24. The van der Waals surface area contributed by atoms with Crippen molar-refractivity contribution in [2.45, 2.75) is 33.2 Å². The summed E-state index contributed by atoms with van der Waals surface area (Å²) in [5.74, 6) is 0.847. The first-order chi connectivity index (χ1) is 13.5. The molecule has 0 spiro atoms. The Hall–Kier alpha value is -2.40. The number of amides is 1. The van der Waals surface area contributed by atoms with Gasteiger partial charge in [0.15, 0.2) is 0 Å². The second-order valence-electron chi connectivity index (χ2n) is 7.51. The number of carbonyl (C=O) groups is 1. The fraction of sp³-hybridized carbons (Fsp3) is 0.435. The number of nitrogens with zero attached hydrogens (tertiary/aromatic N) is 1. The summed E-state index contributed by atoms with van der Waals surface area (Å²) < 4.78 is 18.8.